The van der Waals surface area contributed by atoms with Crippen LogP contribution in [0.3, 0.4) is 0 Å². The SMILES string of the molecule is CCCCOP(=O)(OCCCC)C1Oc2ccccc2N1P(=O)(OCCCC)OCCCC. The van der Waals surface area contributed by atoms with Gasteiger partial charge in [0.25, 0.3) is 5.97 Å². The maximum absolute atomic E-state index is 14.2. The van der Waals surface area contributed by atoms with Crippen LogP contribution in [0.2, 0.25) is 0 Å². The first-order valence-corrected chi connectivity index (χ1v) is 15.4. The first-order chi connectivity index (χ1) is 16.0. The highest BCUT2D eigenvalue weighted by Gasteiger charge is 2.55. The van der Waals surface area contributed by atoms with Crippen LogP contribution in [0, 0.1) is 0 Å². The predicted octanol–water partition coefficient (Wildman–Crippen LogP) is 7.74. The van der Waals surface area contributed by atoms with Gasteiger partial charge in [-0.25, -0.2) is 9.24 Å². The lowest BCUT2D eigenvalue weighted by Gasteiger charge is -2.34. The Bertz CT molecular complexity index is 764. The lowest BCUT2D eigenvalue weighted by atomic mass is 10.3. The predicted molar refractivity (Wildman–Crippen MR) is 132 cm³/mol. The van der Waals surface area contributed by atoms with Gasteiger partial charge in [0.1, 0.15) is 5.75 Å². The lowest BCUT2D eigenvalue weighted by molar-refractivity contribution is 0.150. The number of hydrogen-bond donors (Lipinski definition) is 0. The number of benzene rings is 1. The maximum Gasteiger partial charge on any atom is 0.438 e. The Morgan fingerprint density at radius 3 is 1.70 bits per heavy atom. The van der Waals surface area contributed by atoms with Crippen molar-refractivity contribution in [2.45, 2.75) is 85.0 Å². The summed E-state index contributed by atoms with van der Waals surface area (Å²) in [6, 6.07) is 7.12. The zero-order valence-electron chi connectivity index (χ0n) is 20.6. The van der Waals surface area contributed by atoms with E-state index >= 15 is 0 Å². The summed E-state index contributed by atoms with van der Waals surface area (Å²) in [6.07, 6.45) is 6.40. The fraction of sp³-hybridized carbons (Fsp3) is 0.739. The second kappa shape index (κ2) is 14.5. The van der Waals surface area contributed by atoms with E-state index in [1.165, 1.54) is 4.67 Å². The Morgan fingerprint density at radius 2 is 1.21 bits per heavy atom. The van der Waals surface area contributed by atoms with Gasteiger partial charge in [0.2, 0.25) is 0 Å². The summed E-state index contributed by atoms with van der Waals surface area (Å²) in [5, 5.41) is 0. The van der Waals surface area contributed by atoms with Crippen LogP contribution in [-0.4, -0.2) is 32.4 Å². The third kappa shape index (κ3) is 7.81. The molecule has 8 nitrogen and oxygen atoms in total. The Morgan fingerprint density at radius 1 is 0.758 bits per heavy atom. The molecule has 1 unspecified atom stereocenters. The number of hydrogen-bond acceptors (Lipinski definition) is 7. The van der Waals surface area contributed by atoms with Crippen LogP contribution >= 0.6 is 15.3 Å². The molecule has 10 heteroatoms. The largest absolute Gasteiger partial charge is 0.455 e. The zero-order chi connectivity index (χ0) is 24.2. The zero-order valence-corrected chi connectivity index (χ0v) is 22.4. The highest BCUT2D eigenvalue weighted by atomic mass is 31.2. The van der Waals surface area contributed by atoms with Crippen molar-refractivity contribution in [2.75, 3.05) is 31.1 Å². The van der Waals surface area contributed by atoms with Crippen LogP contribution in [0.5, 0.6) is 5.75 Å². The number of unbranched alkanes of at least 4 members (excludes halogenated alkanes) is 4. The van der Waals surface area contributed by atoms with Gasteiger partial charge in [-0.3, -0.25) is 13.6 Å². The van der Waals surface area contributed by atoms with Gasteiger partial charge in [0.15, 0.2) is 0 Å². The van der Waals surface area contributed by atoms with Crippen LogP contribution in [0.1, 0.15) is 79.1 Å². The molecule has 33 heavy (non-hydrogen) atoms. The molecule has 0 aromatic heterocycles. The van der Waals surface area contributed by atoms with Gasteiger partial charge in [0.05, 0.1) is 32.1 Å². The van der Waals surface area contributed by atoms with Crippen molar-refractivity contribution < 1.29 is 32.0 Å². The summed E-state index contributed by atoms with van der Waals surface area (Å²) in [4.78, 5) is 0. The molecular formula is C23H41NO7P2. The molecule has 0 saturated carbocycles. The smallest absolute Gasteiger partial charge is 0.438 e. The average Bonchev–Trinajstić information content (AvgIpc) is 3.21. The summed E-state index contributed by atoms with van der Waals surface area (Å²) in [6.45, 7) is 9.12. The molecule has 1 aliphatic rings. The minimum absolute atomic E-state index is 0.252. The Kier molecular flexibility index (Phi) is 12.5. The van der Waals surface area contributed by atoms with Gasteiger partial charge in [0, 0.05) is 0 Å². The highest BCUT2D eigenvalue weighted by molar-refractivity contribution is 7.60. The van der Waals surface area contributed by atoms with Gasteiger partial charge in [-0.2, -0.15) is 0 Å². The van der Waals surface area contributed by atoms with E-state index in [2.05, 4.69) is 0 Å². The Labute approximate surface area is 199 Å². The van der Waals surface area contributed by atoms with Gasteiger partial charge in [-0.15, -0.1) is 0 Å². The molecule has 0 radical (unpaired) electrons. The van der Waals surface area contributed by atoms with Crippen LogP contribution in [0.15, 0.2) is 24.3 Å². The second-order valence-corrected chi connectivity index (χ2v) is 11.9. The van der Waals surface area contributed by atoms with Gasteiger partial charge < -0.3 is 13.8 Å². The highest BCUT2D eigenvalue weighted by Crippen LogP contribution is 2.68. The van der Waals surface area contributed by atoms with E-state index in [4.69, 9.17) is 22.8 Å². The molecule has 0 amide bonds. The standard InChI is InChI=1S/C23H41NO7P2/c1-5-9-17-27-32(25,28-18-10-6-2)23-24(21-15-13-14-16-22(21)31-23)33(26,29-19-11-7-3)30-20-12-8-4/h13-16,23H,5-12,17-20H2,1-4H3. The molecule has 0 saturated heterocycles. The molecule has 1 aromatic rings. The van der Waals surface area contributed by atoms with E-state index in [-0.39, 0.29) is 26.4 Å². The summed E-state index contributed by atoms with van der Waals surface area (Å²) in [5.41, 5.74) is 0.497. The molecule has 0 aliphatic carbocycles. The van der Waals surface area contributed by atoms with E-state index in [9.17, 15) is 9.13 Å². The third-order valence-electron chi connectivity index (χ3n) is 5.13. The summed E-state index contributed by atoms with van der Waals surface area (Å²) < 4.78 is 59.2. The third-order valence-corrected chi connectivity index (χ3v) is 9.25. The lowest BCUT2D eigenvalue weighted by Crippen LogP contribution is -2.35. The summed E-state index contributed by atoms with van der Waals surface area (Å²) in [7, 11) is -7.78. The fourth-order valence-electron chi connectivity index (χ4n) is 3.13. The van der Waals surface area contributed by atoms with E-state index in [1.807, 2.05) is 27.7 Å². The fourth-order valence-corrected chi connectivity index (χ4v) is 7.38. The molecule has 0 fully saturated rings. The van der Waals surface area contributed by atoms with Crippen molar-refractivity contribution >= 4 is 21.0 Å². The molecule has 1 aliphatic heterocycles. The first-order valence-electron chi connectivity index (χ1n) is 12.3. The van der Waals surface area contributed by atoms with Crippen LogP contribution in [-0.2, 0) is 27.2 Å². The molecule has 1 atom stereocenters. The summed E-state index contributed by atoms with van der Waals surface area (Å²) >= 11 is 0. The summed E-state index contributed by atoms with van der Waals surface area (Å²) in [5.74, 6) is -0.808. The molecule has 190 valence electrons. The number of rotatable bonds is 18. The molecule has 0 spiro atoms. The van der Waals surface area contributed by atoms with E-state index in [0.717, 1.165) is 51.4 Å². The van der Waals surface area contributed by atoms with E-state index in [0.29, 0.717) is 11.4 Å². The molecule has 1 aromatic carbocycles. The van der Waals surface area contributed by atoms with Crippen molar-refractivity contribution in [1.82, 2.24) is 0 Å². The number of ether oxygens (including phenoxy) is 1. The number of para-hydroxylation sites is 2. The van der Waals surface area contributed by atoms with Crippen molar-refractivity contribution in [3.63, 3.8) is 0 Å². The molecule has 1 heterocycles. The van der Waals surface area contributed by atoms with Crippen molar-refractivity contribution in [1.29, 1.82) is 0 Å². The van der Waals surface area contributed by atoms with Crippen molar-refractivity contribution in [3.8, 4) is 5.75 Å². The molecule has 0 bridgehead atoms. The minimum atomic E-state index is -3.91. The van der Waals surface area contributed by atoms with Crippen LogP contribution in [0.4, 0.5) is 5.69 Å². The Balaban J connectivity index is 2.46. The molecule has 2 rings (SSSR count). The number of nitrogens with zero attached hydrogens (tertiary/aromatic N) is 1. The van der Waals surface area contributed by atoms with Gasteiger partial charge in [-0.05, 0) is 37.8 Å². The van der Waals surface area contributed by atoms with Gasteiger partial charge in [-0.1, -0.05) is 65.5 Å². The normalized spacial score (nSPS) is 16.1. The Hall–Kier alpha value is -0.880. The number of anilines is 1. The molecular weight excluding hydrogens is 464 g/mol. The van der Waals surface area contributed by atoms with E-state index < -0.39 is 21.3 Å². The second-order valence-electron chi connectivity index (χ2n) is 8.01. The first kappa shape index (κ1) is 28.4. The van der Waals surface area contributed by atoms with Crippen LogP contribution < -0.4 is 9.41 Å². The number of fused-ring (bicyclic) bond motifs is 1. The van der Waals surface area contributed by atoms with Crippen molar-refractivity contribution in [3.05, 3.63) is 24.3 Å². The minimum Gasteiger partial charge on any atom is -0.455 e. The molecule has 0 N–H and O–H groups in total. The van der Waals surface area contributed by atoms with Gasteiger partial charge >= 0.3 is 15.3 Å². The quantitative estimate of drug-likeness (QED) is 0.148. The maximum atomic E-state index is 14.2. The van der Waals surface area contributed by atoms with E-state index in [1.54, 1.807) is 24.3 Å². The van der Waals surface area contributed by atoms with Crippen molar-refractivity contribution in [2.24, 2.45) is 0 Å². The topological polar surface area (TPSA) is 83.5 Å². The monoisotopic (exact) mass is 505 g/mol. The van der Waals surface area contributed by atoms with Crippen LogP contribution in [0.25, 0.3) is 0 Å². The average molecular weight is 506 g/mol.